The lowest BCUT2D eigenvalue weighted by atomic mass is 9.73. The van der Waals surface area contributed by atoms with Gasteiger partial charge in [-0.1, -0.05) is 35.9 Å². The molecule has 0 radical (unpaired) electrons. The van der Waals surface area contributed by atoms with E-state index in [2.05, 4.69) is 5.32 Å². The Labute approximate surface area is 163 Å². The van der Waals surface area contributed by atoms with Gasteiger partial charge in [-0.15, -0.1) is 0 Å². The number of sulfonamides is 1. The second kappa shape index (κ2) is 7.98. The van der Waals surface area contributed by atoms with E-state index in [0.29, 0.717) is 42.3 Å². The number of hydrogen-bond donors (Lipinski definition) is 2. The quantitative estimate of drug-likeness (QED) is 0.794. The average molecular weight is 409 g/mol. The van der Waals surface area contributed by atoms with E-state index in [1.807, 2.05) is 12.1 Å². The van der Waals surface area contributed by atoms with Crippen molar-refractivity contribution in [1.82, 2.24) is 0 Å². The number of rotatable bonds is 5. The SMILES string of the molecule is NS(=O)(=O)Cc1cccc(NC(=O)C2(c3ccc(Cl)cc3)CCOCC2)c1. The topological polar surface area (TPSA) is 98.5 Å². The molecular formula is C19H21ClN2O4S. The predicted molar refractivity (Wildman–Crippen MR) is 105 cm³/mol. The second-order valence-electron chi connectivity index (χ2n) is 6.66. The number of carbonyl (C=O) groups is 1. The van der Waals surface area contributed by atoms with Crippen molar-refractivity contribution < 1.29 is 17.9 Å². The summed E-state index contributed by atoms with van der Waals surface area (Å²) in [5.41, 5.74) is 1.20. The van der Waals surface area contributed by atoms with Crippen LogP contribution in [0.4, 0.5) is 5.69 Å². The molecule has 144 valence electrons. The van der Waals surface area contributed by atoms with Crippen LogP contribution in [0, 0.1) is 0 Å². The molecule has 2 aromatic rings. The van der Waals surface area contributed by atoms with Crippen molar-refractivity contribution in [2.75, 3.05) is 18.5 Å². The number of nitrogens with two attached hydrogens (primary N) is 1. The number of anilines is 1. The van der Waals surface area contributed by atoms with Crippen LogP contribution >= 0.6 is 11.6 Å². The van der Waals surface area contributed by atoms with Crippen LogP contribution in [0.2, 0.25) is 5.02 Å². The maximum Gasteiger partial charge on any atom is 0.235 e. The van der Waals surface area contributed by atoms with E-state index >= 15 is 0 Å². The van der Waals surface area contributed by atoms with Gasteiger partial charge in [-0.25, -0.2) is 13.6 Å². The van der Waals surface area contributed by atoms with Gasteiger partial charge in [0.05, 0.1) is 11.2 Å². The Morgan fingerprint density at radius 3 is 2.44 bits per heavy atom. The Kier molecular flexibility index (Phi) is 5.86. The summed E-state index contributed by atoms with van der Waals surface area (Å²) in [6.07, 6.45) is 1.11. The third-order valence-corrected chi connectivity index (χ3v) is 5.72. The smallest absolute Gasteiger partial charge is 0.235 e. The normalized spacial score (nSPS) is 16.7. The number of amides is 1. The molecule has 1 heterocycles. The van der Waals surface area contributed by atoms with E-state index in [9.17, 15) is 13.2 Å². The molecule has 1 aliphatic rings. The average Bonchev–Trinajstić information content (AvgIpc) is 2.61. The highest BCUT2D eigenvalue weighted by atomic mass is 35.5. The zero-order valence-corrected chi connectivity index (χ0v) is 16.2. The van der Waals surface area contributed by atoms with Crippen molar-refractivity contribution in [3.63, 3.8) is 0 Å². The van der Waals surface area contributed by atoms with Crippen molar-refractivity contribution in [3.05, 3.63) is 64.7 Å². The van der Waals surface area contributed by atoms with Gasteiger partial charge in [-0.05, 0) is 48.2 Å². The molecule has 0 unspecified atom stereocenters. The maximum absolute atomic E-state index is 13.2. The third kappa shape index (κ3) is 4.87. The first-order valence-electron chi connectivity index (χ1n) is 8.53. The van der Waals surface area contributed by atoms with Gasteiger partial charge in [-0.3, -0.25) is 4.79 Å². The van der Waals surface area contributed by atoms with Crippen molar-refractivity contribution >= 4 is 33.2 Å². The number of benzene rings is 2. The Hall–Kier alpha value is -1.93. The van der Waals surface area contributed by atoms with Crippen LogP contribution in [-0.4, -0.2) is 27.5 Å². The molecule has 1 amide bonds. The molecule has 3 rings (SSSR count). The lowest BCUT2D eigenvalue weighted by Crippen LogP contribution is -2.44. The van der Waals surface area contributed by atoms with E-state index in [4.69, 9.17) is 21.5 Å². The number of nitrogens with one attached hydrogen (secondary N) is 1. The molecule has 3 N–H and O–H groups in total. The van der Waals surface area contributed by atoms with E-state index < -0.39 is 15.4 Å². The minimum Gasteiger partial charge on any atom is -0.381 e. The van der Waals surface area contributed by atoms with Crippen LogP contribution < -0.4 is 10.5 Å². The fraction of sp³-hybridized carbons (Fsp3) is 0.316. The summed E-state index contributed by atoms with van der Waals surface area (Å²) in [4.78, 5) is 13.2. The molecule has 0 spiro atoms. The number of ether oxygens (including phenoxy) is 1. The summed E-state index contributed by atoms with van der Waals surface area (Å²) >= 11 is 5.99. The summed E-state index contributed by atoms with van der Waals surface area (Å²) < 4.78 is 28.1. The van der Waals surface area contributed by atoms with E-state index in [1.54, 1.807) is 36.4 Å². The van der Waals surface area contributed by atoms with Crippen molar-refractivity contribution in [1.29, 1.82) is 0 Å². The summed E-state index contributed by atoms with van der Waals surface area (Å²) in [6.45, 7) is 0.975. The monoisotopic (exact) mass is 408 g/mol. The van der Waals surface area contributed by atoms with Gasteiger partial charge in [0.15, 0.2) is 0 Å². The van der Waals surface area contributed by atoms with E-state index in [1.165, 1.54) is 0 Å². The molecule has 1 saturated heterocycles. The van der Waals surface area contributed by atoms with Crippen LogP contribution in [0.15, 0.2) is 48.5 Å². The predicted octanol–water partition coefficient (Wildman–Crippen LogP) is 2.82. The zero-order valence-electron chi connectivity index (χ0n) is 14.7. The lowest BCUT2D eigenvalue weighted by molar-refractivity contribution is -0.125. The van der Waals surface area contributed by atoms with Crippen molar-refractivity contribution in [2.45, 2.75) is 24.0 Å². The molecule has 0 aliphatic carbocycles. The first-order valence-corrected chi connectivity index (χ1v) is 10.6. The maximum atomic E-state index is 13.2. The molecule has 2 aromatic carbocycles. The van der Waals surface area contributed by atoms with Gasteiger partial charge in [0.25, 0.3) is 0 Å². The summed E-state index contributed by atoms with van der Waals surface area (Å²) in [6, 6.07) is 14.0. The highest BCUT2D eigenvalue weighted by Gasteiger charge is 2.41. The highest BCUT2D eigenvalue weighted by Crippen LogP contribution is 2.36. The molecule has 0 aromatic heterocycles. The molecule has 27 heavy (non-hydrogen) atoms. The number of halogens is 1. The molecule has 6 nitrogen and oxygen atoms in total. The van der Waals surface area contributed by atoms with E-state index in [-0.39, 0.29) is 11.7 Å². The summed E-state index contributed by atoms with van der Waals surface area (Å²) in [5.74, 6) is -0.437. The first-order chi connectivity index (χ1) is 12.8. The van der Waals surface area contributed by atoms with Gasteiger partial charge < -0.3 is 10.1 Å². The van der Waals surface area contributed by atoms with Crippen LogP contribution in [0.25, 0.3) is 0 Å². The first kappa shape index (κ1) is 19.8. The molecular weight excluding hydrogens is 388 g/mol. The van der Waals surface area contributed by atoms with Gasteiger partial charge in [0.1, 0.15) is 0 Å². The summed E-state index contributed by atoms with van der Waals surface area (Å²) in [7, 11) is -3.64. The Balaban J connectivity index is 1.87. The van der Waals surface area contributed by atoms with Crippen LogP contribution in [0.5, 0.6) is 0 Å². The van der Waals surface area contributed by atoms with Gasteiger partial charge in [-0.2, -0.15) is 0 Å². The number of hydrogen-bond acceptors (Lipinski definition) is 4. The molecule has 1 aliphatic heterocycles. The number of carbonyl (C=O) groups excluding carboxylic acids is 1. The Bertz CT molecular complexity index is 923. The van der Waals surface area contributed by atoms with E-state index in [0.717, 1.165) is 5.56 Å². The second-order valence-corrected chi connectivity index (χ2v) is 8.71. The molecule has 1 fully saturated rings. The third-order valence-electron chi connectivity index (χ3n) is 4.73. The minimum absolute atomic E-state index is 0.152. The standard InChI is InChI=1S/C19H21ClN2O4S/c20-16-6-4-15(5-7-16)19(8-10-26-11-9-19)18(23)22-17-3-1-2-14(12-17)13-27(21,24)25/h1-7,12H,8-11,13H2,(H,22,23)(H2,21,24,25). The molecule has 8 heteroatoms. The van der Waals surface area contributed by atoms with Gasteiger partial charge in [0, 0.05) is 23.9 Å². The minimum atomic E-state index is -3.64. The fourth-order valence-electron chi connectivity index (χ4n) is 3.36. The molecule has 0 bridgehead atoms. The van der Waals surface area contributed by atoms with Gasteiger partial charge >= 0.3 is 0 Å². The van der Waals surface area contributed by atoms with Crippen LogP contribution in [0.1, 0.15) is 24.0 Å². The largest absolute Gasteiger partial charge is 0.381 e. The number of primary sulfonamides is 1. The van der Waals surface area contributed by atoms with Crippen LogP contribution in [0.3, 0.4) is 0 Å². The van der Waals surface area contributed by atoms with Gasteiger partial charge in [0.2, 0.25) is 15.9 Å². The fourth-order valence-corrected chi connectivity index (χ4v) is 4.13. The Morgan fingerprint density at radius 1 is 1.15 bits per heavy atom. The zero-order chi connectivity index (χ0) is 19.5. The lowest BCUT2D eigenvalue weighted by Gasteiger charge is -2.36. The molecule has 0 saturated carbocycles. The summed E-state index contributed by atoms with van der Waals surface area (Å²) in [5, 5.41) is 8.64. The van der Waals surface area contributed by atoms with Crippen molar-refractivity contribution in [2.24, 2.45) is 5.14 Å². The van der Waals surface area contributed by atoms with Crippen LogP contribution in [-0.2, 0) is 30.7 Å². The molecule has 0 atom stereocenters. The Morgan fingerprint density at radius 2 is 1.81 bits per heavy atom. The highest BCUT2D eigenvalue weighted by molar-refractivity contribution is 7.88. The van der Waals surface area contributed by atoms with Crippen molar-refractivity contribution in [3.8, 4) is 0 Å².